The summed E-state index contributed by atoms with van der Waals surface area (Å²) in [6.07, 6.45) is 5.76. The number of halogens is 1. The highest BCUT2D eigenvalue weighted by Crippen LogP contribution is 2.33. The lowest BCUT2D eigenvalue weighted by molar-refractivity contribution is 0.0462. The van der Waals surface area contributed by atoms with Gasteiger partial charge < -0.3 is 15.3 Å². The van der Waals surface area contributed by atoms with E-state index in [-0.39, 0.29) is 17.7 Å². The highest BCUT2D eigenvalue weighted by Gasteiger charge is 2.36. The average molecular weight is 353 g/mol. The van der Waals surface area contributed by atoms with E-state index in [9.17, 15) is 9.90 Å². The van der Waals surface area contributed by atoms with Gasteiger partial charge in [-0.25, -0.2) is 0 Å². The molecule has 0 saturated carbocycles. The summed E-state index contributed by atoms with van der Waals surface area (Å²) in [5.41, 5.74) is 0.341. The van der Waals surface area contributed by atoms with Crippen molar-refractivity contribution in [3.8, 4) is 5.75 Å². The molecule has 2 aliphatic rings. The fourth-order valence-corrected chi connectivity index (χ4v) is 4.05. The second-order valence-corrected chi connectivity index (χ2v) is 7.12. The van der Waals surface area contributed by atoms with E-state index >= 15 is 0 Å². The minimum Gasteiger partial charge on any atom is -0.507 e. The number of fused-ring (bicyclic) bond motifs is 2. The Morgan fingerprint density at radius 2 is 2.00 bits per heavy atom. The number of benzene rings is 1. The number of aromatic hydroxyl groups is 1. The predicted molar refractivity (Wildman–Crippen MR) is 85.5 cm³/mol. The zero-order valence-corrected chi connectivity index (χ0v) is 13.8. The van der Waals surface area contributed by atoms with Crippen molar-refractivity contribution in [2.75, 3.05) is 7.05 Å². The van der Waals surface area contributed by atoms with E-state index in [1.807, 2.05) is 0 Å². The Morgan fingerprint density at radius 1 is 1.33 bits per heavy atom. The van der Waals surface area contributed by atoms with Crippen LogP contribution in [0, 0.1) is 0 Å². The molecule has 0 aromatic heterocycles. The van der Waals surface area contributed by atoms with Gasteiger partial charge in [0.2, 0.25) is 0 Å². The molecule has 5 heteroatoms. The quantitative estimate of drug-likeness (QED) is 0.860. The molecule has 2 aliphatic heterocycles. The first kappa shape index (κ1) is 14.9. The van der Waals surface area contributed by atoms with Crippen molar-refractivity contribution < 1.29 is 9.90 Å². The predicted octanol–water partition coefficient (Wildman–Crippen LogP) is 2.90. The maximum absolute atomic E-state index is 12.4. The van der Waals surface area contributed by atoms with Crippen LogP contribution in [0.1, 0.15) is 42.5 Å². The number of hydrogen-bond acceptors (Lipinski definition) is 3. The molecule has 0 radical (unpaired) electrons. The van der Waals surface area contributed by atoms with Crippen LogP contribution in [0.15, 0.2) is 22.7 Å². The van der Waals surface area contributed by atoms with Crippen LogP contribution >= 0.6 is 15.9 Å². The van der Waals surface area contributed by atoms with Crippen LogP contribution in [0.2, 0.25) is 0 Å². The molecule has 2 fully saturated rings. The van der Waals surface area contributed by atoms with E-state index in [0.29, 0.717) is 17.6 Å². The molecule has 0 spiro atoms. The summed E-state index contributed by atoms with van der Waals surface area (Å²) in [6.45, 7) is 0. The zero-order valence-electron chi connectivity index (χ0n) is 12.2. The molecule has 2 heterocycles. The molecule has 2 saturated heterocycles. The van der Waals surface area contributed by atoms with Gasteiger partial charge in [-0.2, -0.15) is 0 Å². The molecule has 1 aromatic carbocycles. The summed E-state index contributed by atoms with van der Waals surface area (Å²) in [5, 5.41) is 13.0. The lowest BCUT2D eigenvalue weighted by Crippen LogP contribution is -2.55. The van der Waals surface area contributed by atoms with Crippen LogP contribution in [0.3, 0.4) is 0 Å². The number of rotatable bonds is 2. The Hall–Kier alpha value is -1.07. The molecule has 3 rings (SSSR count). The summed E-state index contributed by atoms with van der Waals surface area (Å²) in [5.74, 6) is -0.148. The summed E-state index contributed by atoms with van der Waals surface area (Å²) in [4.78, 5) is 14.9. The molecule has 2 atom stereocenters. The van der Waals surface area contributed by atoms with Crippen LogP contribution in [0.5, 0.6) is 5.75 Å². The number of hydrogen-bond donors (Lipinski definition) is 2. The van der Waals surface area contributed by atoms with E-state index in [4.69, 9.17) is 0 Å². The summed E-state index contributed by atoms with van der Waals surface area (Å²) in [7, 11) is 2.20. The number of carbonyl (C=O) groups is 1. The van der Waals surface area contributed by atoms with Gasteiger partial charge in [-0.1, -0.05) is 22.4 Å². The lowest BCUT2D eigenvalue weighted by Gasteiger charge is -2.47. The first-order chi connectivity index (χ1) is 10.0. The van der Waals surface area contributed by atoms with Gasteiger partial charge in [-0.05, 0) is 50.9 Å². The summed E-state index contributed by atoms with van der Waals surface area (Å²) >= 11 is 3.34. The van der Waals surface area contributed by atoms with Gasteiger partial charge in [0.15, 0.2) is 0 Å². The SMILES string of the molecule is CN1C2CCCC1CC(NC(=O)c1cc(Br)ccc1O)C2. The van der Waals surface area contributed by atoms with Gasteiger partial charge in [0.05, 0.1) is 5.56 Å². The van der Waals surface area contributed by atoms with Gasteiger partial charge >= 0.3 is 0 Å². The molecular weight excluding hydrogens is 332 g/mol. The molecule has 21 heavy (non-hydrogen) atoms. The molecule has 2 bridgehead atoms. The molecular formula is C16H21BrN2O2. The van der Waals surface area contributed by atoms with E-state index in [2.05, 4.69) is 33.2 Å². The van der Waals surface area contributed by atoms with Gasteiger partial charge in [-0.3, -0.25) is 4.79 Å². The van der Waals surface area contributed by atoms with Gasteiger partial charge in [0.25, 0.3) is 5.91 Å². The van der Waals surface area contributed by atoms with Crippen molar-refractivity contribution in [3.05, 3.63) is 28.2 Å². The number of nitrogens with zero attached hydrogens (tertiary/aromatic N) is 1. The van der Waals surface area contributed by atoms with Gasteiger partial charge in [-0.15, -0.1) is 0 Å². The molecule has 2 unspecified atom stereocenters. The van der Waals surface area contributed by atoms with Crippen LogP contribution in [-0.2, 0) is 0 Å². The standard InChI is InChI=1S/C16H21BrN2O2/c1-19-12-3-2-4-13(19)9-11(8-12)18-16(21)14-7-10(17)5-6-15(14)20/h5-7,11-13,20H,2-4,8-9H2,1H3,(H,18,21). The van der Waals surface area contributed by atoms with Crippen LogP contribution < -0.4 is 5.32 Å². The number of carbonyl (C=O) groups excluding carboxylic acids is 1. The number of nitrogens with one attached hydrogen (secondary N) is 1. The number of amides is 1. The third-order valence-corrected chi connectivity index (χ3v) is 5.37. The van der Waals surface area contributed by atoms with Crippen LogP contribution in [0.4, 0.5) is 0 Å². The Morgan fingerprint density at radius 3 is 2.67 bits per heavy atom. The molecule has 114 valence electrons. The second kappa shape index (κ2) is 5.97. The number of phenols is 1. The molecule has 4 nitrogen and oxygen atoms in total. The van der Waals surface area contributed by atoms with E-state index < -0.39 is 0 Å². The fourth-order valence-electron chi connectivity index (χ4n) is 3.69. The summed E-state index contributed by atoms with van der Waals surface area (Å²) in [6, 6.07) is 6.31. The Labute approximate surface area is 133 Å². The third kappa shape index (κ3) is 3.09. The second-order valence-electron chi connectivity index (χ2n) is 6.21. The first-order valence-corrected chi connectivity index (χ1v) is 8.35. The average Bonchev–Trinajstić information content (AvgIpc) is 2.42. The lowest BCUT2D eigenvalue weighted by atomic mass is 9.82. The Bertz CT molecular complexity index is 535. The maximum atomic E-state index is 12.4. The number of piperidine rings is 2. The molecule has 0 aliphatic carbocycles. The largest absolute Gasteiger partial charge is 0.507 e. The van der Waals surface area contributed by atoms with Crippen LogP contribution in [0.25, 0.3) is 0 Å². The van der Waals surface area contributed by atoms with Crippen molar-refractivity contribution >= 4 is 21.8 Å². The highest BCUT2D eigenvalue weighted by atomic mass is 79.9. The molecule has 1 amide bonds. The maximum Gasteiger partial charge on any atom is 0.255 e. The minimum absolute atomic E-state index is 0.0313. The van der Waals surface area contributed by atoms with Crippen molar-refractivity contribution in [2.45, 2.75) is 50.2 Å². The smallest absolute Gasteiger partial charge is 0.255 e. The van der Waals surface area contributed by atoms with Crippen molar-refractivity contribution in [1.29, 1.82) is 0 Å². The monoisotopic (exact) mass is 352 g/mol. The Kier molecular flexibility index (Phi) is 4.22. The Balaban J connectivity index is 1.69. The third-order valence-electron chi connectivity index (χ3n) is 4.88. The highest BCUT2D eigenvalue weighted by molar-refractivity contribution is 9.10. The molecule has 1 aromatic rings. The topological polar surface area (TPSA) is 52.6 Å². The fraction of sp³-hybridized carbons (Fsp3) is 0.562. The first-order valence-electron chi connectivity index (χ1n) is 7.56. The minimum atomic E-state index is -0.179. The molecule has 2 N–H and O–H groups in total. The normalized spacial score (nSPS) is 29.1. The summed E-state index contributed by atoms with van der Waals surface area (Å²) < 4.78 is 0.797. The number of phenolic OH excluding ortho intramolecular Hbond substituents is 1. The van der Waals surface area contributed by atoms with E-state index in [1.165, 1.54) is 19.3 Å². The van der Waals surface area contributed by atoms with E-state index in [0.717, 1.165) is 17.3 Å². The van der Waals surface area contributed by atoms with E-state index in [1.54, 1.807) is 18.2 Å². The van der Waals surface area contributed by atoms with Gasteiger partial charge in [0.1, 0.15) is 5.75 Å². The van der Waals surface area contributed by atoms with Crippen molar-refractivity contribution in [1.82, 2.24) is 10.2 Å². The van der Waals surface area contributed by atoms with Crippen LogP contribution in [-0.4, -0.2) is 41.1 Å². The van der Waals surface area contributed by atoms with Crippen molar-refractivity contribution in [2.24, 2.45) is 0 Å². The van der Waals surface area contributed by atoms with Crippen molar-refractivity contribution in [3.63, 3.8) is 0 Å². The zero-order chi connectivity index (χ0) is 15.0. The van der Waals surface area contributed by atoms with Gasteiger partial charge in [0, 0.05) is 22.6 Å².